The molecule has 0 atom stereocenters. The Labute approximate surface area is 140 Å². The van der Waals surface area contributed by atoms with Gasteiger partial charge in [0.25, 0.3) is 0 Å². The maximum absolute atomic E-state index is 12.1. The molecule has 2 amide bonds. The monoisotopic (exact) mass is 328 g/mol. The SMILES string of the molecule is CCCC(=O)Nc1ccccc1NC(=O)CSc1ccccc1. The lowest BCUT2D eigenvalue weighted by atomic mass is 10.2. The number of amides is 2. The van der Waals surface area contributed by atoms with E-state index in [1.54, 1.807) is 12.1 Å². The van der Waals surface area contributed by atoms with Gasteiger partial charge in [0.05, 0.1) is 17.1 Å². The van der Waals surface area contributed by atoms with Gasteiger partial charge in [0.2, 0.25) is 11.8 Å². The molecule has 0 aliphatic heterocycles. The van der Waals surface area contributed by atoms with Gasteiger partial charge in [-0.05, 0) is 30.7 Å². The molecule has 0 bridgehead atoms. The Kier molecular flexibility index (Phi) is 6.69. The smallest absolute Gasteiger partial charge is 0.234 e. The Morgan fingerprint density at radius 3 is 2.04 bits per heavy atom. The fraction of sp³-hybridized carbons (Fsp3) is 0.222. The number of nitrogens with one attached hydrogen (secondary N) is 2. The van der Waals surface area contributed by atoms with Gasteiger partial charge in [0, 0.05) is 11.3 Å². The van der Waals surface area contributed by atoms with E-state index < -0.39 is 0 Å². The number of carbonyl (C=O) groups excluding carboxylic acids is 2. The minimum atomic E-state index is -0.101. The fourth-order valence-electron chi connectivity index (χ4n) is 1.99. The van der Waals surface area contributed by atoms with Gasteiger partial charge in [-0.2, -0.15) is 0 Å². The molecular formula is C18H20N2O2S. The molecule has 120 valence electrons. The zero-order chi connectivity index (χ0) is 16.5. The molecule has 0 radical (unpaired) electrons. The second kappa shape index (κ2) is 9.00. The molecule has 2 N–H and O–H groups in total. The lowest BCUT2D eigenvalue weighted by Crippen LogP contribution is -2.17. The van der Waals surface area contributed by atoms with Crippen molar-refractivity contribution < 1.29 is 9.59 Å². The van der Waals surface area contributed by atoms with Crippen molar-refractivity contribution >= 4 is 35.0 Å². The molecular weight excluding hydrogens is 308 g/mol. The van der Waals surface area contributed by atoms with E-state index in [9.17, 15) is 9.59 Å². The molecule has 23 heavy (non-hydrogen) atoms. The molecule has 0 heterocycles. The summed E-state index contributed by atoms with van der Waals surface area (Å²) in [4.78, 5) is 24.9. The Hall–Kier alpha value is -2.27. The van der Waals surface area contributed by atoms with E-state index in [4.69, 9.17) is 0 Å². The van der Waals surface area contributed by atoms with Gasteiger partial charge in [-0.1, -0.05) is 37.3 Å². The number of thioether (sulfide) groups is 1. The number of benzene rings is 2. The van der Waals surface area contributed by atoms with E-state index in [0.29, 0.717) is 23.5 Å². The number of carbonyl (C=O) groups is 2. The third-order valence-corrected chi connectivity index (χ3v) is 4.08. The molecule has 2 aromatic carbocycles. The van der Waals surface area contributed by atoms with Crippen molar-refractivity contribution in [2.75, 3.05) is 16.4 Å². The van der Waals surface area contributed by atoms with Crippen LogP contribution in [0.5, 0.6) is 0 Å². The summed E-state index contributed by atoms with van der Waals surface area (Å²) in [6.07, 6.45) is 1.25. The van der Waals surface area contributed by atoms with Crippen LogP contribution < -0.4 is 10.6 Å². The van der Waals surface area contributed by atoms with Crippen LogP contribution in [0.25, 0.3) is 0 Å². The molecule has 0 aliphatic carbocycles. The molecule has 4 nitrogen and oxygen atoms in total. The zero-order valence-corrected chi connectivity index (χ0v) is 13.9. The van der Waals surface area contributed by atoms with Crippen molar-refractivity contribution in [3.05, 3.63) is 54.6 Å². The van der Waals surface area contributed by atoms with Crippen LogP contribution in [0.15, 0.2) is 59.5 Å². The summed E-state index contributed by atoms with van der Waals surface area (Å²) in [6, 6.07) is 17.0. The summed E-state index contributed by atoms with van der Waals surface area (Å²) >= 11 is 1.48. The highest BCUT2D eigenvalue weighted by Crippen LogP contribution is 2.22. The van der Waals surface area contributed by atoms with Gasteiger partial charge >= 0.3 is 0 Å². The summed E-state index contributed by atoms with van der Waals surface area (Å²) in [5, 5.41) is 5.68. The first-order chi connectivity index (χ1) is 11.2. The lowest BCUT2D eigenvalue weighted by Gasteiger charge is -2.12. The van der Waals surface area contributed by atoms with Crippen LogP contribution in [0, 0.1) is 0 Å². The summed E-state index contributed by atoms with van der Waals surface area (Å²) < 4.78 is 0. The zero-order valence-electron chi connectivity index (χ0n) is 13.0. The van der Waals surface area contributed by atoms with Crippen LogP contribution in [0.4, 0.5) is 11.4 Å². The van der Waals surface area contributed by atoms with Crippen LogP contribution in [-0.4, -0.2) is 17.6 Å². The molecule has 0 spiro atoms. The maximum atomic E-state index is 12.1. The molecule has 0 aromatic heterocycles. The number of rotatable bonds is 7. The molecule has 0 fully saturated rings. The first kappa shape index (κ1) is 17.1. The largest absolute Gasteiger partial charge is 0.324 e. The van der Waals surface area contributed by atoms with Crippen LogP contribution in [-0.2, 0) is 9.59 Å². The van der Waals surface area contributed by atoms with E-state index in [-0.39, 0.29) is 11.8 Å². The number of anilines is 2. The molecule has 2 rings (SSSR count). The molecule has 0 aliphatic rings. The Morgan fingerprint density at radius 2 is 1.43 bits per heavy atom. The van der Waals surface area contributed by atoms with Crippen molar-refractivity contribution in [1.29, 1.82) is 0 Å². The normalized spacial score (nSPS) is 10.1. The molecule has 5 heteroatoms. The third-order valence-electron chi connectivity index (χ3n) is 3.07. The van der Waals surface area contributed by atoms with Gasteiger partial charge in [-0.3, -0.25) is 9.59 Å². The fourth-order valence-corrected chi connectivity index (χ4v) is 2.71. The Morgan fingerprint density at radius 1 is 0.870 bits per heavy atom. The van der Waals surface area contributed by atoms with Gasteiger partial charge in [0.1, 0.15) is 0 Å². The summed E-state index contributed by atoms with van der Waals surface area (Å²) in [5.74, 6) is 0.172. The molecule has 2 aromatic rings. The van der Waals surface area contributed by atoms with Gasteiger partial charge in [0.15, 0.2) is 0 Å². The number of para-hydroxylation sites is 2. The maximum Gasteiger partial charge on any atom is 0.234 e. The third kappa shape index (κ3) is 5.79. The summed E-state index contributed by atoms with van der Waals surface area (Å²) in [6.45, 7) is 1.95. The predicted octanol–water partition coefficient (Wildman–Crippen LogP) is 4.16. The van der Waals surface area contributed by atoms with Crippen molar-refractivity contribution in [1.82, 2.24) is 0 Å². The highest BCUT2D eigenvalue weighted by molar-refractivity contribution is 8.00. The molecule has 0 unspecified atom stereocenters. The van der Waals surface area contributed by atoms with Crippen molar-refractivity contribution in [3.8, 4) is 0 Å². The van der Waals surface area contributed by atoms with Crippen LogP contribution >= 0.6 is 11.8 Å². The van der Waals surface area contributed by atoms with E-state index in [1.807, 2.05) is 49.4 Å². The summed E-state index contributed by atoms with van der Waals surface area (Å²) in [7, 11) is 0. The minimum Gasteiger partial charge on any atom is -0.324 e. The highest BCUT2D eigenvalue weighted by atomic mass is 32.2. The average Bonchev–Trinajstić information content (AvgIpc) is 2.56. The first-order valence-corrected chi connectivity index (χ1v) is 8.54. The van der Waals surface area contributed by atoms with E-state index in [2.05, 4.69) is 10.6 Å². The standard InChI is InChI=1S/C18H20N2O2S/c1-2-8-17(21)19-15-11-6-7-12-16(15)20-18(22)13-23-14-9-4-3-5-10-14/h3-7,9-12H,2,8,13H2,1H3,(H,19,21)(H,20,22). The van der Waals surface area contributed by atoms with Crippen LogP contribution in [0.1, 0.15) is 19.8 Å². The predicted molar refractivity (Wildman–Crippen MR) is 95.8 cm³/mol. The summed E-state index contributed by atoms with van der Waals surface area (Å²) in [5.41, 5.74) is 1.25. The van der Waals surface area contributed by atoms with Gasteiger partial charge in [-0.25, -0.2) is 0 Å². The lowest BCUT2D eigenvalue weighted by molar-refractivity contribution is -0.116. The Bertz CT molecular complexity index is 659. The minimum absolute atomic E-state index is 0.0483. The van der Waals surface area contributed by atoms with Crippen molar-refractivity contribution in [2.45, 2.75) is 24.7 Å². The van der Waals surface area contributed by atoms with Crippen molar-refractivity contribution in [3.63, 3.8) is 0 Å². The second-order valence-corrected chi connectivity index (χ2v) is 6.04. The Balaban J connectivity index is 1.94. The van der Waals surface area contributed by atoms with E-state index in [0.717, 1.165) is 11.3 Å². The average molecular weight is 328 g/mol. The quantitative estimate of drug-likeness (QED) is 0.751. The van der Waals surface area contributed by atoms with Crippen LogP contribution in [0.3, 0.4) is 0 Å². The molecule has 0 saturated heterocycles. The second-order valence-electron chi connectivity index (χ2n) is 4.99. The van der Waals surface area contributed by atoms with E-state index in [1.165, 1.54) is 11.8 Å². The van der Waals surface area contributed by atoms with Crippen molar-refractivity contribution in [2.24, 2.45) is 0 Å². The van der Waals surface area contributed by atoms with Gasteiger partial charge < -0.3 is 10.6 Å². The topological polar surface area (TPSA) is 58.2 Å². The van der Waals surface area contributed by atoms with E-state index >= 15 is 0 Å². The first-order valence-electron chi connectivity index (χ1n) is 7.55. The molecule has 0 saturated carbocycles. The number of hydrogen-bond acceptors (Lipinski definition) is 3. The number of hydrogen-bond donors (Lipinski definition) is 2. The van der Waals surface area contributed by atoms with Gasteiger partial charge in [-0.15, -0.1) is 11.8 Å². The van der Waals surface area contributed by atoms with Crippen LogP contribution in [0.2, 0.25) is 0 Å². The highest BCUT2D eigenvalue weighted by Gasteiger charge is 2.09.